The lowest BCUT2D eigenvalue weighted by molar-refractivity contribution is -0.384. The molecule has 0 saturated heterocycles. The molecule has 0 fully saturated rings. The Kier molecular flexibility index (Phi) is 7.81. The predicted octanol–water partition coefficient (Wildman–Crippen LogP) is 4.13. The van der Waals surface area contributed by atoms with E-state index in [4.69, 9.17) is 0 Å². The van der Waals surface area contributed by atoms with E-state index in [-0.39, 0.29) is 16.8 Å². The summed E-state index contributed by atoms with van der Waals surface area (Å²) in [6, 6.07) is 16.5. The maximum Gasteiger partial charge on any atom is 0.269 e. The van der Waals surface area contributed by atoms with Crippen LogP contribution in [0.2, 0.25) is 0 Å². The highest BCUT2D eigenvalue weighted by Crippen LogP contribution is 2.25. The van der Waals surface area contributed by atoms with Crippen molar-refractivity contribution < 1.29 is 9.72 Å². The van der Waals surface area contributed by atoms with Gasteiger partial charge in [-0.05, 0) is 24.6 Å². The summed E-state index contributed by atoms with van der Waals surface area (Å²) in [4.78, 5) is 23.2. The van der Waals surface area contributed by atoms with Gasteiger partial charge in [-0.25, -0.2) is 0 Å². The highest BCUT2D eigenvalue weighted by molar-refractivity contribution is 8.00. The first-order valence-corrected chi connectivity index (χ1v) is 9.90. The van der Waals surface area contributed by atoms with Gasteiger partial charge in [-0.3, -0.25) is 14.9 Å². The van der Waals surface area contributed by atoms with Gasteiger partial charge in [-0.15, -0.1) is 11.8 Å². The van der Waals surface area contributed by atoms with Gasteiger partial charge in [0.1, 0.15) is 0 Å². The maximum atomic E-state index is 12.1. The van der Waals surface area contributed by atoms with Crippen molar-refractivity contribution in [3.05, 3.63) is 70.3 Å². The zero-order valence-corrected chi connectivity index (χ0v) is 15.5. The molecule has 1 unspecified atom stereocenters. The molecule has 0 radical (unpaired) electrons. The fraction of sp³-hybridized carbons (Fsp3) is 0.278. The van der Waals surface area contributed by atoms with E-state index in [0.717, 1.165) is 16.4 Å². The van der Waals surface area contributed by atoms with Gasteiger partial charge in [0.2, 0.25) is 5.91 Å². The van der Waals surface area contributed by atoms with E-state index < -0.39 is 4.92 Å². The number of hydrogen-bond acceptors (Lipinski definition) is 5. The van der Waals surface area contributed by atoms with Crippen LogP contribution in [0.15, 0.2) is 59.5 Å². The van der Waals surface area contributed by atoms with Crippen molar-refractivity contribution in [2.45, 2.75) is 22.8 Å². The van der Waals surface area contributed by atoms with Crippen LogP contribution in [0.5, 0.6) is 0 Å². The van der Waals surface area contributed by atoms with Crippen LogP contribution in [0, 0.1) is 10.1 Å². The molecular formula is C18H20N2O3S2. The molecule has 0 aliphatic rings. The number of non-ortho nitro benzene ring substituents is 1. The second kappa shape index (κ2) is 10.1. The SMILES string of the molecule is CC(Sc1ccc([N+](=O)[O-])cc1)C(=O)NCCSCc1ccccc1. The van der Waals surface area contributed by atoms with Crippen LogP contribution < -0.4 is 5.32 Å². The predicted molar refractivity (Wildman–Crippen MR) is 104 cm³/mol. The van der Waals surface area contributed by atoms with Crippen LogP contribution in [-0.4, -0.2) is 28.4 Å². The smallest absolute Gasteiger partial charge is 0.269 e. The molecule has 1 N–H and O–H groups in total. The quantitative estimate of drug-likeness (QED) is 0.308. The molecule has 0 aliphatic heterocycles. The minimum atomic E-state index is -0.433. The van der Waals surface area contributed by atoms with Gasteiger partial charge in [0.25, 0.3) is 5.69 Å². The Labute approximate surface area is 155 Å². The van der Waals surface area contributed by atoms with E-state index in [0.29, 0.717) is 6.54 Å². The van der Waals surface area contributed by atoms with Gasteiger partial charge in [-0.1, -0.05) is 30.3 Å². The summed E-state index contributed by atoms with van der Waals surface area (Å²) >= 11 is 3.17. The van der Waals surface area contributed by atoms with Gasteiger partial charge < -0.3 is 5.32 Å². The summed E-state index contributed by atoms with van der Waals surface area (Å²) in [6.45, 7) is 2.46. The number of nitrogens with zero attached hydrogens (tertiary/aromatic N) is 1. The van der Waals surface area contributed by atoms with Gasteiger partial charge in [0.15, 0.2) is 0 Å². The summed E-state index contributed by atoms with van der Waals surface area (Å²) in [5, 5.41) is 13.3. The molecule has 2 aromatic rings. The first kappa shape index (κ1) is 19.3. The molecule has 132 valence electrons. The van der Waals surface area contributed by atoms with Gasteiger partial charge in [0, 0.05) is 35.1 Å². The van der Waals surface area contributed by atoms with Gasteiger partial charge >= 0.3 is 0 Å². The number of benzene rings is 2. The lowest BCUT2D eigenvalue weighted by Gasteiger charge is -2.12. The summed E-state index contributed by atoms with van der Waals surface area (Å²) < 4.78 is 0. The summed E-state index contributed by atoms with van der Waals surface area (Å²) in [5.74, 6) is 1.77. The highest BCUT2D eigenvalue weighted by atomic mass is 32.2. The summed E-state index contributed by atoms with van der Waals surface area (Å²) in [6.07, 6.45) is 0. The summed E-state index contributed by atoms with van der Waals surface area (Å²) in [7, 11) is 0. The van der Waals surface area contributed by atoms with Crippen LogP contribution in [-0.2, 0) is 10.5 Å². The van der Waals surface area contributed by atoms with Crippen LogP contribution in [0.25, 0.3) is 0 Å². The van der Waals surface area contributed by atoms with Gasteiger partial charge in [-0.2, -0.15) is 11.8 Å². The standard InChI is InChI=1S/C18H20N2O3S2/c1-14(25-17-9-7-16(8-10-17)20(22)23)18(21)19-11-12-24-13-15-5-3-2-4-6-15/h2-10,14H,11-13H2,1H3,(H,19,21). The number of hydrogen-bond donors (Lipinski definition) is 1. The molecule has 2 rings (SSSR count). The number of thioether (sulfide) groups is 2. The topological polar surface area (TPSA) is 72.2 Å². The van der Waals surface area contributed by atoms with E-state index >= 15 is 0 Å². The third-order valence-corrected chi connectivity index (χ3v) is 5.53. The first-order valence-electron chi connectivity index (χ1n) is 7.87. The number of amides is 1. The van der Waals surface area contributed by atoms with E-state index in [2.05, 4.69) is 17.4 Å². The van der Waals surface area contributed by atoms with Gasteiger partial charge in [0.05, 0.1) is 10.2 Å². The van der Waals surface area contributed by atoms with E-state index in [1.54, 1.807) is 23.9 Å². The molecular weight excluding hydrogens is 356 g/mol. The molecule has 0 aliphatic carbocycles. The lowest BCUT2D eigenvalue weighted by atomic mass is 10.2. The maximum absolute atomic E-state index is 12.1. The average molecular weight is 377 g/mol. The van der Waals surface area contributed by atoms with E-state index in [1.807, 2.05) is 25.1 Å². The largest absolute Gasteiger partial charge is 0.354 e. The molecule has 0 saturated carbocycles. The lowest BCUT2D eigenvalue weighted by Crippen LogP contribution is -2.32. The van der Waals surface area contributed by atoms with Crippen molar-refractivity contribution in [3.8, 4) is 0 Å². The Balaban J connectivity index is 1.66. The molecule has 2 aromatic carbocycles. The summed E-state index contributed by atoms with van der Waals surface area (Å²) in [5.41, 5.74) is 1.33. The fourth-order valence-corrected chi connectivity index (χ4v) is 3.77. The van der Waals surface area contributed by atoms with Crippen molar-refractivity contribution in [2.75, 3.05) is 12.3 Å². The van der Waals surface area contributed by atoms with E-state index in [1.165, 1.54) is 29.5 Å². The minimum absolute atomic E-state index is 0.0244. The van der Waals surface area contributed by atoms with Crippen molar-refractivity contribution in [2.24, 2.45) is 0 Å². The second-order valence-corrected chi connectivity index (χ2v) is 7.86. The van der Waals surface area contributed by atoms with Crippen LogP contribution in [0.3, 0.4) is 0 Å². The van der Waals surface area contributed by atoms with Crippen molar-refractivity contribution in [1.82, 2.24) is 5.32 Å². The Morgan fingerprint density at radius 2 is 1.84 bits per heavy atom. The molecule has 25 heavy (non-hydrogen) atoms. The Bertz CT molecular complexity index is 693. The number of nitro groups is 1. The van der Waals surface area contributed by atoms with Crippen molar-refractivity contribution in [3.63, 3.8) is 0 Å². The number of carbonyl (C=O) groups excluding carboxylic acids is 1. The molecule has 1 atom stereocenters. The third kappa shape index (κ3) is 6.80. The van der Waals surface area contributed by atoms with Crippen molar-refractivity contribution >= 4 is 35.1 Å². The molecule has 0 aromatic heterocycles. The van der Waals surface area contributed by atoms with Crippen LogP contribution >= 0.6 is 23.5 Å². The molecule has 1 amide bonds. The van der Waals surface area contributed by atoms with Crippen LogP contribution in [0.1, 0.15) is 12.5 Å². The zero-order valence-electron chi connectivity index (χ0n) is 13.9. The normalized spacial score (nSPS) is 11.7. The van der Waals surface area contributed by atoms with Crippen LogP contribution in [0.4, 0.5) is 5.69 Å². The molecule has 0 heterocycles. The minimum Gasteiger partial charge on any atom is -0.354 e. The average Bonchev–Trinajstić information content (AvgIpc) is 2.62. The van der Waals surface area contributed by atoms with Crippen molar-refractivity contribution in [1.29, 1.82) is 0 Å². The highest BCUT2D eigenvalue weighted by Gasteiger charge is 2.14. The fourth-order valence-electron chi connectivity index (χ4n) is 2.06. The Hall–Kier alpha value is -1.99. The molecule has 0 spiro atoms. The monoisotopic (exact) mass is 376 g/mol. The zero-order chi connectivity index (χ0) is 18.1. The molecule has 0 bridgehead atoms. The number of carbonyl (C=O) groups is 1. The molecule has 5 nitrogen and oxygen atoms in total. The van der Waals surface area contributed by atoms with E-state index in [9.17, 15) is 14.9 Å². The number of rotatable bonds is 9. The number of nitro benzene ring substituents is 1. The Morgan fingerprint density at radius 3 is 2.48 bits per heavy atom. The Morgan fingerprint density at radius 1 is 1.16 bits per heavy atom. The first-order chi connectivity index (χ1) is 12.1. The third-order valence-electron chi connectivity index (χ3n) is 3.39. The number of nitrogens with one attached hydrogen (secondary N) is 1. The second-order valence-electron chi connectivity index (χ2n) is 5.34. The molecule has 7 heteroatoms.